The van der Waals surface area contributed by atoms with Crippen LogP contribution in [0.25, 0.3) is 0 Å². The Hall–Kier alpha value is -2.99. The quantitative estimate of drug-likeness (QED) is 0.409. The maximum Gasteiger partial charge on any atom is 0.380 e. The minimum absolute atomic E-state index is 0.00148. The summed E-state index contributed by atoms with van der Waals surface area (Å²) in [6, 6.07) is 15.0. The fourth-order valence-corrected chi connectivity index (χ4v) is 9.14. The number of hydrogen-bond donors (Lipinski definition) is 3. The van der Waals surface area contributed by atoms with Crippen LogP contribution >= 0.6 is 0 Å². The number of amides is 2. The molecule has 6 rings (SSSR count). The number of nitrogens with one attached hydrogen (secondary N) is 1. The van der Waals surface area contributed by atoms with E-state index in [1.54, 1.807) is 6.07 Å². The van der Waals surface area contributed by atoms with Gasteiger partial charge in [0.15, 0.2) is 0 Å². The van der Waals surface area contributed by atoms with E-state index >= 15 is 0 Å². The van der Waals surface area contributed by atoms with Gasteiger partial charge < -0.3 is 19.5 Å². The second-order valence-electron chi connectivity index (χ2n) is 13.5. The summed E-state index contributed by atoms with van der Waals surface area (Å²) in [6.07, 6.45) is 5.81. The van der Waals surface area contributed by atoms with Gasteiger partial charge in [0.05, 0.1) is 18.6 Å². The van der Waals surface area contributed by atoms with Crippen molar-refractivity contribution in [2.24, 2.45) is 22.4 Å². The summed E-state index contributed by atoms with van der Waals surface area (Å²) in [5.41, 5.74) is 2.36. The summed E-state index contributed by atoms with van der Waals surface area (Å²) in [5.74, 6) is 1.32. The Morgan fingerprint density at radius 1 is 1.05 bits per heavy atom. The fraction of sp³-hybridized carbons (Fsp3) is 0.576. The van der Waals surface area contributed by atoms with Crippen molar-refractivity contribution in [1.29, 1.82) is 0 Å². The van der Waals surface area contributed by atoms with Crippen LogP contribution in [0.4, 0.5) is 0 Å². The fourth-order valence-electron chi connectivity index (χ4n) is 8.77. The third-order valence-electron chi connectivity index (χ3n) is 11.1. The monoisotopic (exact) mass is 624 g/mol. The maximum absolute atomic E-state index is 12.8. The first-order valence-corrected chi connectivity index (χ1v) is 17.3. The molecule has 5 atom stereocenters. The summed E-state index contributed by atoms with van der Waals surface area (Å²) >= 11 is 0. The molecule has 3 aliphatic carbocycles. The number of benzene rings is 2. The number of carbonyl (C=O) groups is 2. The highest BCUT2D eigenvalue weighted by molar-refractivity contribution is 7.84. The molecule has 0 unspecified atom stereocenters. The van der Waals surface area contributed by atoms with Gasteiger partial charge in [-0.1, -0.05) is 43.3 Å². The third-order valence-corrected chi connectivity index (χ3v) is 11.5. The zero-order chi connectivity index (χ0) is 31.1. The number of hydrogen-bond acceptors (Lipinski definition) is 7. The van der Waals surface area contributed by atoms with E-state index < -0.39 is 15.9 Å². The highest BCUT2D eigenvalue weighted by Gasteiger charge is 2.61. The first-order valence-electron chi connectivity index (χ1n) is 15.8. The summed E-state index contributed by atoms with van der Waals surface area (Å²) in [5, 5.41) is 20.0. The average molecular weight is 625 g/mol. The van der Waals surface area contributed by atoms with Crippen molar-refractivity contribution in [3.8, 4) is 5.75 Å². The molecule has 4 aliphatic rings. The molecular formula is C33H44N4O6S. The molecule has 2 aromatic rings. The first kappa shape index (κ1) is 31.0. The van der Waals surface area contributed by atoms with Crippen LogP contribution in [0.1, 0.15) is 61.6 Å². The van der Waals surface area contributed by atoms with E-state index in [0.29, 0.717) is 50.5 Å². The van der Waals surface area contributed by atoms with Crippen LogP contribution in [0.5, 0.6) is 5.75 Å². The normalized spacial score (nSPS) is 30.2. The van der Waals surface area contributed by atoms with E-state index in [1.807, 2.05) is 47.4 Å². The Kier molecular flexibility index (Phi) is 8.51. The molecule has 0 spiro atoms. The van der Waals surface area contributed by atoms with Crippen molar-refractivity contribution in [3.63, 3.8) is 0 Å². The number of nitrogens with zero attached hydrogens (tertiary/aromatic N) is 2. The Labute approximate surface area is 260 Å². The van der Waals surface area contributed by atoms with E-state index in [1.165, 1.54) is 5.56 Å². The molecule has 1 aliphatic heterocycles. The Bertz CT molecular complexity index is 1490. The van der Waals surface area contributed by atoms with Gasteiger partial charge in [-0.15, -0.1) is 0 Å². The smallest absolute Gasteiger partial charge is 0.380 e. The number of piperazine rings is 1. The molecule has 1 saturated heterocycles. The van der Waals surface area contributed by atoms with E-state index in [2.05, 4.69) is 17.1 Å². The topological polar surface area (TPSA) is 142 Å². The number of aliphatic hydroxyl groups is 1. The molecule has 3 fully saturated rings. The number of nitrogens with two attached hydrogens (primary N) is 1. The molecule has 0 aromatic heterocycles. The lowest BCUT2D eigenvalue weighted by atomic mass is 9.53. The Morgan fingerprint density at radius 2 is 1.80 bits per heavy atom. The molecule has 2 amide bonds. The Balaban J connectivity index is 1.02. The lowest BCUT2D eigenvalue weighted by molar-refractivity contribution is -0.137. The second-order valence-corrected chi connectivity index (χ2v) is 14.6. The third kappa shape index (κ3) is 6.24. The van der Waals surface area contributed by atoms with Crippen LogP contribution in [0.15, 0.2) is 48.5 Å². The molecule has 238 valence electrons. The number of rotatable bonds is 8. The molecule has 10 nitrogen and oxygen atoms in total. The molecule has 11 heteroatoms. The number of carbonyl (C=O) groups excluding carboxylic acids is 2. The molecule has 0 bridgehead atoms. The van der Waals surface area contributed by atoms with Crippen LogP contribution in [0.3, 0.4) is 0 Å². The van der Waals surface area contributed by atoms with Crippen molar-refractivity contribution in [2.75, 3.05) is 39.3 Å². The highest BCUT2D eigenvalue weighted by atomic mass is 32.2. The largest absolute Gasteiger partial charge is 0.388 e. The van der Waals surface area contributed by atoms with Gasteiger partial charge in [-0.3, -0.25) is 14.5 Å². The van der Waals surface area contributed by atoms with Crippen molar-refractivity contribution in [2.45, 2.75) is 63.4 Å². The van der Waals surface area contributed by atoms with Gasteiger partial charge in [0.2, 0.25) is 11.8 Å². The lowest BCUT2D eigenvalue weighted by Crippen LogP contribution is -2.59. The molecule has 1 heterocycles. The van der Waals surface area contributed by atoms with Crippen molar-refractivity contribution in [1.82, 2.24) is 15.1 Å². The summed E-state index contributed by atoms with van der Waals surface area (Å²) in [4.78, 5) is 29.2. The van der Waals surface area contributed by atoms with Crippen LogP contribution in [0, 0.1) is 17.3 Å². The maximum atomic E-state index is 12.8. The molecule has 2 aromatic carbocycles. The van der Waals surface area contributed by atoms with Crippen LogP contribution < -0.4 is 14.6 Å². The summed E-state index contributed by atoms with van der Waals surface area (Å²) in [6.45, 7) is 5.48. The predicted molar refractivity (Wildman–Crippen MR) is 166 cm³/mol. The molecular weight excluding hydrogens is 580 g/mol. The molecule has 4 N–H and O–H groups in total. The summed E-state index contributed by atoms with van der Waals surface area (Å²) < 4.78 is 27.7. The van der Waals surface area contributed by atoms with Gasteiger partial charge in [-0.2, -0.15) is 13.6 Å². The van der Waals surface area contributed by atoms with Gasteiger partial charge in [0, 0.05) is 38.1 Å². The zero-order valence-corrected chi connectivity index (χ0v) is 26.2. The second kappa shape index (κ2) is 12.1. The van der Waals surface area contributed by atoms with E-state index in [4.69, 9.17) is 9.32 Å². The van der Waals surface area contributed by atoms with Crippen molar-refractivity contribution < 1.29 is 27.3 Å². The highest BCUT2D eigenvalue weighted by Crippen LogP contribution is 2.64. The Morgan fingerprint density at radius 3 is 2.52 bits per heavy atom. The van der Waals surface area contributed by atoms with E-state index in [-0.39, 0.29) is 35.9 Å². The molecule has 2 saturated carbocycles. The van der Waals surface area contributed by atoms with E-state index in [9.17, 15) is 23.1 Å². The van der Waals surface area contributed by atoms with Crippen molar-refractivity contribution >= 4 is 22.1 Å². The standard InChI is InChI=1S/C33H44N4O6S/c1-32-13-11-27-26-10-8-25(43-44(34,41)42)20-24(26)7-9-28(27)29(32)12-14-33(32,40)22-36-15-17-37(18-16-36)31(39)21-35-30(38)19-23-5-3-2-4-6-23/h2-6,8,10,20,27-29,40H,7,9,11-19,21-22H2,1H3,(H,35,38)(H2,34,41,42)/t27-,28-,29+,32+,33-/m1/s1. The van der Waals surface area contributed by atoms with Gasteiger partial charge in [-0.25, -0.2) is 0 Å². The molecule has 44 heavy (non-hydrogen) atoms. The van der Waals surface area contributed by atoms with Gasteiger partial charge in [-0.05, 0) is 85.1 Å². The van der Waals surface area contributed by atoms with Gasteiger partial charge >= 0.3 is 10.3 Å². The number of β-amino-alcohol motifs (C(OH)–C–C–N with tert-alkyl or cyclic N) is 1. The van der Waals surface area contributed by atoms with Gasteiger partial charge in [0.25, 0.3) is 0 Å². The van der Waals surface area contributed by atoms with Crippen LogP contribution in [-0.4, -0.2) is 80.0 Å². The van der Waals surface area contributed by atoms with E-state index in [0.717, 1.165) is 49.7 Å². The minimum Gasteiger partial charge on any atom is -0.388 e. The molecule has 0 radical (unpaired) electrons. The van der Waals surface area contributed by atoms with Crippen LogP contribution in [-0.2, 0) is 32.7 Å². The predicted octanol–water partition coefficient (Wildman–Crippen LogP) is 2.36. The summed E-state index contributed by atoms with van der Waals surface area (Å²) in [7, 11) is -4.06. The number of fused-ring (bicyclic) bond motifs is 5. The van der Waals surface area contributed by atoms with Crippen LogP contribution in [0.2, 0.25) is 0 Å². The first-order chi connectivity index (χ1) is 20.9. The minimum atomic E-state index is -4.06. The lowest BCUT2D eigenvalue weighted by Gasteiger charge is -2.54. The SMILES string of the molecule is C[C@]12CC[C@@H]3c4ccc(OS(N)(=O)=O)cc4CC[C@H]3[C@@H]1CC[C@@]2(O)CN1CCN(C(=O)CNC(=O)Cc2ccccc2)CC1. The van der Waals surface area contributed by atoms with Crippen molar-refractivity contribution in [3.05, 3.63) is 65.2 Å². The number of aryl methyl sites for hydroxylation is 1. The zero-order valence-electron chi connectivity index (χ0n) is 25.4. The van der Waals surface area contributed by atoms with Gasteiger partial charge in [0.1, 0.15) is 5.75 Å². The average Bonchev–Trinajstić information content (AvgIpc) is 3.25.